The molecule has 25 heavy (non-hydrogen) atoms. The first-order valence-electron chi connectivity index (χ1n) is 7.72. The lowest BCUT2D eigenvalue weighted by molar-refractivity contribution is -0.116. The Morgan fingerprint density at radius 3 is 2.76 bits per heavy atom. The summed E-state index contributed by atoms with van der Waals surface area (Å²) in [4.78, 5) is 22.9. The van der Waals surface area contributed by atoms with Crippen LogP contribution in [0.2, 0.25) is 0 Å². The lowest BCUT2D eigenvalue weighted by Gasteiger charge is -2.08. The molecular weight excluding hydrogens is 322 g/mol. The minimum Gasteiger partial charge on any atom is -0.478 e. The number of aryl methyl sites for hydroxylation is 1. The van der Waals surface area contributed by atoms with Gasteiger partial charge < -0.3 is 10.4 Å². The molecule has 0 radical (unpaired) electrons. The molecule has 0 aliphatic rings. The van der Waals surface area contributed by atoms with Crippen molar-refractivity contribution in [2.75, 3.05) is 5.32 Å². The molecule has 0 bridgehead atoms. The Morgan fingerprint density at radius 1 is 1.16 bits per heavy atom. The molecule has 0 fully saturated rings. The van der Waals surface area contributed by atoms with Crippen molar-refractivity contribution in [3.05, 3.63) is 66.2 Å². The smallest absolute Gasteiger partial charge is 0.338 e. The summed E-state index contributed by atoms with van der Waals surface area (Å²) >= 11 is 0. The number of nitrogens with zero attached hydrogens (tertiary/aromatic N) is 4. The third kappa shape index (κ3) is 4.54. The zero-order valence-electron chi connectivity index (χ0n) is 13.4. The molecule has 0 atom stereocenters. The number of hydrogen-bond donors (Lipinski definition) is 2. The van der Waals surface area contributed by atoms with Crippen LogP contribution in [-0.2, 0) is 17.9 Å². The Hall–Kier alpha value is -3.42. The van der Waals surface area contributed by atoms with E-state index in [2.05, 4.69) is 15.5 Å². The van der Waals surface area contributed by atoms with Crippen LogP contribution in [0.15, 0.2) is 55.1 Å². The van der Waals surface area contributed by atoms with E-state index in [-0.39, 0.29) is 17.9 Å². The Morgan fingerprint density at radius 2 is 2.04 bits per heavy atom. The van der Waals surface area contributed by atoms with Crippen LogP contribution >= 0.6 is 0 Å². The van der Waals surface area contributed by atoms with Crippen LogP contribution in [-0.4, -0.2) is 36.5 Å². The van der Waals surface area contributed by atoms with Crippen LogP contribution in [0, 0.1) is 0 Å². The van der Waals surface area contributed by atoms with Gasteiger partial charge in [-0.2, -0.15) is 10.2 Å². The van der Waals surface area contributed by atoms with E-state index in [0.29, 0.717) is 18.8 Å². The molecule has 2 N–H and O–H groups in total. The van der Waals surface area contributed by atoms with Gasteiger partial charge in [-0.15, -0.1) is 0 Å². The van der Waals surface area contributed by atoms with Crippen molar-refractivity contribution in [1.29, 1.82) is 0 Å². The van der Waals surface area contributed by atoms with Crippen LogP contribution in [0.1, 0.15) is 22.3 Å². The van der Waals surface area contributed by atoms with Gasteiger partial charge in [-0.1, -0.05) is 12.1 Å². The summed E-state index contributed by atoms with van der Waals surface area (Å²) in [6, 6.07) is 9.42. The Bertz CT molecular complexity index is 870. The van der Waals surface area contributed by atoms with Crippen LogP contribution < -0.4 is 5.32 Å². The maximum absolute atomic E-state index is 12.1. The molecule has 1 aromatic carbocycles. The molecule has 0 spiro atoms. The molecule has 0 saturated carbocycles. The quantitative estimate of drug-likeness (QED) is 0.684. The topological polar surface area (TPSA) is 102 Å². The Balaban J connectivity index is 1.54. The van der Waals surface area contributed by atoms with E-state index >= 15 is 0 Å². The van der Waals surface area contributed by atoms with Crippen molar-refractivity contribution in [3.8, 4) is 0 Å². The molecule has 128 valence electrons. The van der Waals surface area contributed by atoms with Gasteiger partial charge in [0.25, 0.3) is 0 Å². The second-order valence-electron chi connectivity index (χ2n) is 5.50. The van der Waals surface area contributed by atoms with E-state index < -0.39 is 5.97 Å². The van der Waals surface area contributed by atoms with Gasteiger partial charge in [0, 0.05) is 37.2 Å². The van der Waals surface area contributed by atoms with Gasteiger partial charge in [-0.3, -0.25) is 14.2 Å². The van der Waals surface area contributed by atoms with Crippen molar-refractivity contribution in [2.24, 2.45) is 0 Å². The number of aromatic carboxylic acids is 1. The zero-order chi connectivity index (χ0) is 17.6. The van der Waals surface area contributed by atoms with E-state index in [0.717, 1.165) is 5.56 Å². The van der Waals surface area contributed by atoms with Crippen LogP contribution in [0.5, 0.6) is 0 Å². The summed E-state index contributed by atoms with van der Waals surface area (Å²) < 4.78 is 3.25. The van der Waals surface area contributed by atoms with Gasteiger partial charge in [0.2, 0.25) is 5.91 Å². The Labute approximate surface area is 143 Å². The van der Waals surface area contributed by atoms with Gasteiger partial charge >= 0.3 is 5.97 Å². The number of benzene rings is 1. The predicted octanol–water partition coefficient (Wildman–Crippen LogP) is 1.85. The van der Waals surface area contributed by atoms with Gasteiger partial charge in [-0.05, 0) is 23.8 Å². The summed E-state index contributed by atoms with van der Waals surface area (Å²) in [7, 11) is 0. The highest BCUT2D eigenvalue weighted by atomic mass is 16.4. The number of carboxylic acid groups (broad SMARTS) is 1. The second-order valence-corrected chi connectivity index (χ2v) is 5.50. The molecule has 8 heteroatoms. The van der Waals surface area contributed by atoms with Gasteiger partial charge in [0.1, 0.15) is 0 Å². The number of aromatic nitrogens is 4. The normalized spacial score (nSPS) is 10.6. The SMILES string of the molecule is O=C(CCn1cc(C(=O)O)cn1)Nc1cccc(Cn2cccn2)c1. The molecule has 3 rings (SSSR count). The first kappa shape index (κ1) is 16.4. The zero-order valence-corrected chi connectivity index (χ0v) is 13.4. The number of carboxylic acids is 1. The van der Waals surface area contributed by atoms with E-state index in [4.69, 9.17) is 5.11 Å². The molecule has 2 heterocycles. The summed E-state index contributed by atoms with van der Waals surface area (Å²) in [6.07, 6.45) is 6.46. The average molecular weight is 339 g/mol. The highest BCUT2D eigenvalue weighted by Gasteiger charge is 2.08. The van der Waals surface area contributed by atoms with E-state index in [9.17, 15) is 9.59 Å². The largest absolute Gasteiger partial charge is 0.478 e. The standard InChI is InChI=1S/C17H17N5O3/c23-16(5-8-22-12-14(10-19-22)17(24)25)20-15-4-1-3-13(9-15)11-21-7-2-6-18-21/h1-4,6-7,9-10,12H,5,8,11H2,(H,20,23)(H,24,25). The lowest BCUT2D eigenvalue weighted by atomic mass is 10.2. The molecule has 1 amide bonds. The number of nitrogens with one attached hydrogen (secondary N) is 1. The van der Waals surface area contributed by atoms with Gasteiger partial charge in [-0.25, -0.2) is 4.79 Å². The summed E-state index contributed by atoms with van der Waals surface area (Å²) in [5.74, 6) is -1.20. The molecule has 3 aromatic rings. The maximum Gasteiger partial charge on any atom is 0.338 e. The van der Waals surface area contributed by atoms with Crippen molar-refractivity contribution < 1.29 is 14.7 Å². The maximum atomic E-state index is 12.1. The summed E-state index contributed by atoms with van der Waals surface area (Å²) in [5, 5.41) is 19.8. The third-order valence-electron chi connectivity index (χ3n) is 3.56. The molecule has 0 aliphatic carbocycles. The van der Waals surface area contributed by atoms with Crippen LogP contribution in [0.3, 0.4) is 0 Å². The number of hydrogen-bond acceptors (Lipinski definition) is 4. The fraction of sp³-hybridized carbons (Fsp3) is 0.176. The average Bonchev–Trinajstić information content (AvgIpc) is 3.25. The number of anilines is 1. The first-order valence-corrected chi connectivity index (χ1v) is 7.72. The minimum atomic E-state index is -1.04. The van der Waals surface area contributed by atoms with Crippen LogP contribution in [0.4, 0.5) is 5.69 Å². The van der Waals surface area contributed by atoms with Crippen molar-refractivity contribution in [3.63, 3.8) is 0 Å². The van der Waals surface area contributed by atoms with E-state index in [1.54, 1.807) is 10.9 Å². The highest BCUT2D eigenvalue weighted by molar-refractivity contribution is 5.90. The molecule has 0 saturated heterocycles. The van der Waals surface area contributed by atoms with Crippen molar-refractivity contribution in [1.82, 2.24) is 19.6 Å². The number of amides is 1. The monoisotopic (exact) mass is 339 g/mol. The van der Waals surface area contributed by atoms with E-state index in [1.165, 1.54) is 17.1 Å². The number of carbonyl (C=O) groups excluding carboxylic acids is 1. The molecule has 0 aliphatic heterocycles. The molecule has 8 nitrogen and oxygen atoms in total. The van der Waals surface area contributed by atoms with Gasteiger partial charge in [0.05, 0.1) is 18.3 Å². The fourth-order valence-electron chi connectivity index (χ4n) is 2.36. The number of rotatable bonds is 7. The highest BCUT2D eigenvalue weighted by Crippen LogP contribution is 2.12. The first-order chi connectivity index (χ1) is 12.1. The lowest BCUT2D eigenvalue weighted by Crippen LogP contribution is -2.15. The minimum absolute atomic E-state index is 0.103. The van der Waals surface area contributed by atoms with Crippen molar-refractivity contribution in [2.45, 2.75) is 19.5 Å². The molecular formula is C17H17N5O3. The molecule has 2 aromatic heterocycles. The third-order valence-corrected chi connectivity index (χ3v) is 3.56. The summed E-state index contributed by atoms with van der Waals surface area (Å²) in [5.41, 5.74) is 1.84. The van der Waals surface area contributed by atoms with Crippen molar-refractivity contribution >= 4 is 17.6 Å². The summed E-state index contributed by atoms with van der Waals surface area (Å²) in [6.45, 7) is 0.939. The predicted molar refractivity (Wildman–Crippen MR) is 90.2 cm³/mol. The van der Waals surface area contributed by atoms with E-state index in [1.807, 2.05) is 36.5 Å². The number of carbonyl (C=O) groups is 2. The van der Waals surface area contributed by atoms with Crippen LogP contribution in [0.25, 0.3) is 0 Å². The Kier molecular flexibility index (Phi) is 4.89. The van der Waals surface area contributed by atoms with Gasteiger partial charge in [0.15, 0.2) is 0 Å². The molecule has 0 unspecified atom stereocenters. The second kappa shape index (κ2) is 7.43. The fourth-order valence-corrected chi connectivity index (χ4v) is 2.36.